The summed E-state index contributed by atoms with van der Waals surface area (Å²) >= 11 is 5.63. The fourth-order valence-corrected chi connectivity index (χ4v) is 3.14. The van der Waals surface area contributed by atoms with E-state index in [1.54, 1.807) is 0 Å². The van der Waals surface area contributed by atoms with Crippen LogP contribution in [-0.4, -0.2) is 59.7 Å². The molecule has 0 bridgehead atoms. The van der Waals surface area contributed by atoms with Crippen LogP contribution >= 0.6 is 12.2 Å². The third-order valence-electron chi connectivity index (χ3n) is 4.65. The number of hydrogen-bond acceptors (Lipinski definition) is 4. The van der Waals surface area contributed by atoms with Crippen molar-refractivity contribution in [3.8, 4) is 5.75 Å². The van der Waals surface area contributed by atoms with Crippen LogP contribution in [0.2, 0.25) is 0 Å². The minimum absolute atomic E-state index is 0.0853. The number of rotatable bonds is 9. The van der Waals surface area contributed by atoms with Crippen LogP contribution in [0.5, 0.6) is 5.75 Å². The molecule has 0 aliphatic heterocycles. The van der Waals surface area contributed by atoms with Gasteiger partial charge in [-0.15, -0.1) is 0 Å². The third-order valence-corrected chi connectivity index (χ3v) is 5.03. The molecule has 0 saturated heterocycles. The normalized spacial score (nSPS) is 12.2. The molecule has 7 heteroatoms. The number of thiocarbonyl (C=S) groups is 1. The highest BCUT2D eigenvalue weighted by Crippen LogP contribution is 2.19. The largest absolute Gasteiger partial charge is 0.494 e. The lowest BCUT2D eigenvalue weighted by atomic mass is 10.1. The lowest BCUT2D eigenvalue weighted by Gasteiger charge is -2.29. The number of pyridine rings is 1. The Bertz CT molecular complexity index is 850. The van der Waals surface area contributed by atoms with Crippen molar-refractivity contribution in [2.75, 3.05) is 33.8 Å². The summed E-state index contributed by atoms with van der Waals surface area (Å²) in [5.74, 6) is 0.798. The van der Waals surface area contributed by atoms with Crippen molar-refractivity contribution >= 4 is 28.2 Å². The molecule has 0 fully saturated rings. The second-order valence-corrected chi connectivity index (χ2v) is 7.68. The van der Waals surface area contributed by atoms with Crippen molar-refractivity contribution in [3.63, 3.8) is 0 Å². The molecular formula is C21H32N4O2S. The van der Waals surface area contributed by atoms with Crippen molar-refractivity contribution in [2.45, 2.75) is 39.8 Å². The van der Waals surface area contributed by atoms with Crippen LogP contribution in [0.15, 0.2) is 29.1 Å². The number of aromatic nitrogens is 1. The van der Waals surface area contributed by atoms with Crippen LogP contribution in [0, 0.1) is 0 Å². The van der Waals surface area contributed by atoms with Crippen LogP contribution in [0.3, 0.4) is 0 Å². The molecule has 1 unspecified atom stereocenters. The first kappa shape index (κ1) is 22.2. The van der Waals surface area contributed by atoms with Gasteiger partial charge in [0.1, 0.15) is 5.75 Å². The van der Waals surface area contributed by atoms with Crippen LogP contribution in [0.1, 0.15) is 32.8 Å². The van der Waals surface area contributed by atoms with E-state index in [9.17, 15) is 4.79 Å². The fourth-order valence-electron chi connectivity index (χ4n) is 2.79. The topological polar surface area (TPSA) is 60.6 Å². The van der Waals surface area contributed by atoms with Crippen molar-refractivity contribution in [1.29, 1.82) is 0 Å². The Morgan fingerprint density at radius 1 is 1.25 bits per heavy atom. The molecule has 0 spiro atoms. The standard InChI is InChI=1S/C21H32N4O2S/c1-6-15(3)22-21(28)25(11-10-24(4)5)14-17-12-16-13-18(27-7-2)8-9-19(16)23-20(17)26/h8-9,12-13,15H,6-7,10-11,14H2,1-5H3,(H,22,28)(H,23,26). The van der Waals surface area contributed by atoms with Crippen LogP contribution < -0.4 is 15.6 Å². The van der Waals surface area contributed by atoms with Crippen molar-refractivity contribution in [2.24, 2.45) is 0 Å². The van der Waals surface area contributed by atoms with Crippen LogP contribution in [0.4, 0.5) is 0 Å². The maximum Gasteiger partial charge on any atom is 0.253 e. The number of hydrogen-bond donors (Lipinski definition) is 2. The van der Waals surface area contributed by atoms with Crippen LogP contribution in [0.25, 0.3) is 10.9 Å². The van der Waals surface area contributed by atoms with Gasteiger partial charge in [0.05, 0.1) is 13.2 Å². The van der Waals surface area contributed by atoms with E-state index in [4.69, 9.17) is 17.0 Å². The van der Waals surface area contributed by atoms with Gasteiger partial charge < -0.3 is 24.8 Å². The summed E-state index contributed by atoms with van der Waals surface area (Å²) in [7, 11) is 4.06. The van der Waals surface area contributed by atoms with E-state index in [-0.39, 0.29) is 11.6 Å². The smallest absolute Gasteiger partial charge is 0.253 e. The Morgan fingerprint density at radius 2 is 2.00 bits per heavy atom. The molecule has 1 aromatic carbocycles. The average molecular weight is 405 g/mol. The molecule has 154 valence electrons. The molecule has 0 aliphatic rings. The lowest BCUT2D eigenvalue weighted by molar-refractivity contribution is 0.319. The number of benzene rings is 1. The van der Waals surface area contributed by atoms with E-state index >= 15 is 0 Å². The number of nitrogens with one attached hydrogen (secondary N) is 2. The summed E-state index contributed by atoms with van der Waals surface area (Å²) < 4.78 is 5.59. The number of H-pyrrole nitrogens is 1. The molecule has 2 N–H and O–H groups in total. The second kappa shape index (κ2) is 10.4. The highest BCUT2D eigenvalue weighted by molar-refractivity contribution is 7.80. The highest BCUT2D eigenvalue weighted by atomic mass is 32.1. The Balaban J connectivity index is 2.29. The van der Waals surface area contributed by atoms with Gasteiger partial charge in [0.15, 0.2) is 5.11 Å². The first-order chi connectivity index (χ1) is 13.3. The third kappa shape index (κ3) is 6.21. The van der Waals surface area contributed by atoms with Crippen molar-refractivity contribution in [3.05, 3.63) is 40.2 Å². The van der Waals surface area contributed by atoms with E-state index in [1.165, 1.54) is 0 Å². The summed E-state index contributed by atoms with van der Waals surface area (Å²) in [6.07, 6.45) is 0.985. The lowest BCUT2D eigenvalue weighted by Crippen LogP contribution is -2.46. The Labute approximate surface area is 172 Å². The molecule has 1 aromatic heterocycles. The van der Waals surface area contributed by atoms with Gasteiger partial charge in [0.25, 0.3) is 5.56 Å². The van der Waals surface area contributed by atoms with Gasteiger partial charge in [-0.25, -0.2) is 0 Å². The molecule has 2 aromatic rings. The number of fused-ring (bicyclic) bond motifs is 1. The molecule has 1 heterocycles. The van der Waals surface area contributed by atoms with E-state index in [1.807, 2.05) is 45.3 Å². The summed E-state index contributed by atoms with van der Waals surface area (Å²) in [6, 6.07) is 7.93. The van der Waals surface area contributed by atoms with Gasteiger partial charge in [-0.05, 0) is 70.8 Å². The summed E-state index contributed by atoms with van der Waals surface area (Å²) in [4.78, 5) is 19.8. The first-order valence-electron chi connectivity index (χ1n) is 9.83. The average Bonchev–Trinajstić information content (AvgIpc) is 2.65. The molecule has 0 saturated carbocycles. The van der Waals surface area contributed by atoms with Gasteiger partial charge in [-0.2, -0.15) is 0 Å². The Kier molecular flexibility index (Phi) is 8.26. The number of aromatic amines is 1. The highest BCUT2D eigenvalue weighted by Gasteiger charge is 2.15. The monoisotopic (exact) mass is 404 g/mol. The molecule has 6 nitrogen and oxygen atoms in total. The number of ether oxygens (including phenoxy) is 1. The maximum absolute atomic E-state index is 12.6. The zero-order chi connectivity index (χ0) is 20.7. The summed E-state index contributed by atoms with van der Waals surface area (Å²) in [5.41, 5.74) is 1.41. The van der Waals surface area contributed by atoms with Gasteiger partial charge in [-0.1, -0.05) is 6.92 Å². The number of nitrogens with zero attached hydrogens (tertiary/aromatic N) is 2. The SMILES string of the molecule is CCOc1ccc2[nH]c(=O)c(CN(CCN(C)C)C(=S)NC(C)CC)cc2c1. The zero-order valence-corrected chi connectivity index (χ0v) is 18.4. The summed E-state index contributed by atoms with van der Waals surface area (Å²) in [5, 5.41) is 4.99. The van der Waals surface area contributed by atoms with Gasteiger partial charge in [0, 0.05) is 35.6 Å². The van der Waals surface area contributed by atoms with E-state index < -0.39 is 0 Å². The molecular weight excluding hydrogens is 372 g/mol. The van der Waals surface area contributed by atoms with Crippen molar-refractivity contribution in [1.82, 2.24) is 20.1 Å². The minimum Gasteiger partial charge on any atom is -0.494 e. The molecule has 1 atom stereocenters. The minimum atomic E-state index is -0.0853. The maximum atomic E-state index is 12.6. The number of likely N-dealkylation sites (N-methyl/N-ethyl adjacent to an activating group) is 1. The Hall–Kier alpha value is -2.12. The van der Waals surface area contributed by atoms with Crippen LogP contribution in [-0.2, 0) is 6.54 Å². The van der Waals surface area contributed by atoms with Gasteiger partial charge in [0.2, 0.25) is 0 Å². The molecule has 2 rings (SSSR count). The zero-order valence-electron chi connectivity index (χ0n) is 17.5. The van der Waals surface area contributed by atoms with E-state index in [2.05, 4.69) is 33.9 Å². The predicted octanol–water partition coefficient (Wildman–Crippen LogP) is 2.96. The second-order valence-electron chi connectivity index (χ2n) is 7.29. The van der Waals surface area contributed by atoms with Gasteiger partial charge >= 0.3 is 0 Å². The molecule has 0 amide bonds. The molecule has 28 heavy (non-hydrogen) atoms. The predicted molar refractivity (Wildman–Crippen MR) is 120 cm³/mol. The quantitative estimate of drug-likeness (QED) is 0.627. The van der Waals surface area contributed by atoms with Crippen molar-refractivity contribution < 1.29 is 4.74 Å². The first-order valence-corrected chi connectivity index (χ1v) is 10.2. The molecule has 0 aliphatic carbocycles. The summed E-state index contributed by atoms with van der Waals surface area (Å²) in [6.45, 7) is 8.84. The van der Waals surface area contributed by atoms with Gasteiger partial charge in [-0.3, -0.25) is 4.79 Å². The molecule has 0 radical (unpaired) electrons. The van der Waals surface area contributed by atoms with E-state index in [0.29, 0.717) is 23.8 Å². The van der Waals surface area contributed by atoms with E-state index in [0.717, 1.165) is 36.2 Å². The fraction of sp³-hybridized carbons (Fsp3) is 0.524. The Morgan fingerprint density at radius 3 is 2.64 bits per heavy atom.